The first kappa shape index (κ1) is 17.7. The number of esters is 1. The topological polar surface area (TPSA) is 55.4 Å². The molecule has 2 aromatic rings. The molecule has 0 aliphatic heterocycles. The Morgan fingerprint density at radius 3 is 2.33 bits per heavy atom. The van der Waals surface area contributed by atoms with E-state index in [1.54, 1.807) is 19.1 Å². The quantitative estimate of drug-likeness (QED) is 0.861. The molecule has 126 valence electrons. The number of carbonyl (C=O) groups excluding carboxylic acids is 2. The Morgan fingerprint density at radius 1 is 0.958 bits per heavy atom. The van der Waals surface area contributed by atoms with E-state index in [1.807, 2.05) is 52.0 Å². The number of rotatable bonds is 4. The van der Waals surface area contributed by atoms with Crippen molar-refractivity contribution < 1.29 is 14.3 Å². The summed E-state index contributed by atoms with van der Waals surface area (Å²) in [7, 11) is 0. The van der Waals surface area contributed by atoms with Gasteiger partial charge >= 0.3 is 5.97 Å². The Bertz CT molecular complexity index is 780. The van der Waals surface area contributed by atoms with Crippen LogP contribution < -0.4 is 5.32 Å². The lowest BCUT2D eigenvalue weighted by Crippen LogP contribution is -2.30. The van der Waals surface area contributed by atoms with E-state index in [0.717, 1.165) is 27.9 Å². The van der Waals surface area contributed by atoms with E-state index in [-0.39, 0.29) is 5.91 Å². The number of ether oxygens (including phenoxy) is 1. The summed E-state index contributed by atoms with van der Waals surface area (Å²) in [4.78, 5) is 24.5. The van der Waals surface area contributed by atoms with Crippen molar-refractivity contribution in [2.45, 2.75) is 40.7 Å². The lowest BCUT2D eigenvalue weighted by Gasteiger charge is -2.16. The van der Waals surface area contributed by atoms with Gasteiger partial charge in [-0.2, -0.15) is 0 Å². The largest absolute Gasteiger partial charge is 0.449 e. The van der Waals surface area contributed by atoms with Crippen molar-refractivity contribution in [1.82, 2.24) is 0 Å². The fourth-order valence-electron chi connectivity index (χ4n) is 2.27. The number of nitrogens with one attached hydrogen (secondary N) is 1. The molecule has 2 aromatic carbocycles. The zero-order valence-corrected chi connectivity index (χ0v) is 14.8. The number of benzene rings is 2. The maximum atomic E-state index is 12.3. The summed E-state index contributed by atoms with van der Waals surface area (Å²) in [6.45, 7) is 9.40. The standard InChI is InChI=1S/C20H23NO3/c1-12-9-10-17(11-14(12)3)20(23)24-16(5)19(22)21-18-8-6-7-13(2)15(18)4/h6-11,16H,1-5H3,(H,21,22). The maximum absolute atomic E-state index is 12.3. The van der Waals surface area contributed by atoms with Crippen LogP contribution in [0.15, 0.2) is 36.4 Å². The number of hydrogen-bond donors (Lipinski definition) is 1. The molecule has 0 aliphatic carbocycles. The minimum absolute atomic E-state index is 0.346. The van der Waals surface area contributed by atoms with E-state index in [4.69, 9.17) is 4.74 Å². The van der Waals surface area contributed by atoms with Crippen LogP contribution in [0.1, 0.15) is 39.5 Å². The molecule has 0 fully saturated rings. The summed E-state index contributed by atoms with van der Waals surface area (Å²) in [6.07, 6.45) is -0.876. The third-order valence-electron chi connectivity index (χ3n) is 4.26. The molecule has 1 atom stereocenters. The van der Waals surface area contributed by atoms with Crippen LogP contribution in [-0.2, 0) is 9.53 Å². The van der Waals surface area contributed by atoms with Gasteiger partial charge in [-0.05, 0) is 75.1 Å². The van der Waals surface area contributed by atoms with Crippen molar-refractivity contribution >= 4 is 17.6 Å². The highest BCUT2D eigenvalue weighted by Gasteiger charge is 2.20. The lowest BCUT2D eigenvalue weighted by atomic mass is 10.1. The van der Waals surface area contributed by atoms with E-state index in [2.05, 4.69) is 5.32 Å². The van der Waals surface area contributed by atoms with Crippen molar-refractivity contribution in [2.24, 2.45) is 0 Å². The van der Waals surface area contributed by atoms with E-state index >= 15 is 0 Å². The van der Waals surface area contributed by atoms with Gasteiger partial charge in [0.1, 0.15) is 0 Å². The van der Waals surface area contributed by atoms with Gasteiger partial charge in [-0.1, -0.05) is 18.2 Å². The Labute approximate surface area is 142 Å². The molecule has 4 nitrogen and oxygen atoms in total. The summed E-state index contributed by atoms with van der Waals surface area (Å²) >= 11 is 0. The van der Waals surface area contributed by atoms with Gasteiger partial charge in [0, 0.05) is 5.69 Å². The predicted octanol–water partition coefficient (Wildman–Crippen LogP) is 4.10. The normalized spacial score (nSPS) is 11.7. The Kier molecular flexibility index (Phi) is 5.39. The van der Waals surface area contributed by atoms with Gasteiger partial charge in [0.2, 0.25) is 0 Å². The molecule has 4 heteroatoms. The van der Waals surface area contributed by atoms with Crippen molar-refractivity contribution in [3.63, 3.8) is 0 Å². The molecule has 0 bridgehead atoms. The Balaban J connectivity index is 2.04. The molecule has 0 radical (unpaired) electrons. The number of carbonyl (C=O) groups is 2. The van der Waals surface area contributed by atoms with Gasteiger partial charge < -0.3 is 10.1 Å². The van der Waals surface area contributed by atoms with Gasteiger partial charge in [-0.25, -0.2) is 4.79 Å². The van der Waals surface area contributed by atoms with Gasteiger partial charge in [-0.3, -0.25) is 4.79 Å². The van der Waals surface area contributed by atoms with Crippen molar-refractivity contribution in [3.05, 3.63) is 64.2 Å². The second kappa shape index (κ2) is 7.30. The van der Waals surface area contributed by atoms with Crippen LogP contribution in [0.3, 0.4) is 0 Å². The van der Waals surface area contributed by atoms with Crippen LogP contribution in [0.4, 0.5) is 5.69 Å². The van der Waals surface area contributed by atoms with Crippen LogP contribution in [-0.4, -0.2) is 18.0 Å². The molecule has 0 saturated carbocycles. The van der Waals surface area contributed by atoms with Gasteiger partial charge in [0.25, 0.3) is 5.91 Å². The van der Waals surface area contributed by atoms with Crippen molar-refractivity contribution in [1.29, 1.82) is 0 Å². The molecule has 0 heterocycles. The number of hydrogen-bond acceptors (Lipinski definition) is 3. The third kappa shape index (κ3) is 4.02. The minimum Gasteiger partial charge on any atom is -0.449 e. The number of anilines is 1. The SMILES string of the molecule is Cc1ccc(C(=O)OC(C)C(=O)Nc2cccc(C)c2C)cc1C. The van der Waals surface area contributed by atoms with Crippen molar-refractivity contribution in [3.8, 4) is 0 Å². The van der Waals surface area contributed by atoms with Crippen LogP contribution in [0.2, 0.25) is 0 Å². The molecule has 0 saturated heterocycles. The highest BCUT2D eigenvalue weighted by atomic mass is 16.5. The molecule has 1 unspecified atom stereocenters. The van der Waals surface area contributed by atoms with Crippen LogP contribution in [0.5, 0.6) is 0 Å². The van der Waals surface area contributed by atoms with Gasteiger partial charge in [-0.15, -0.1) is 0 Å². The molecule has 0 aromatic heterocycles. The molecule has 0 aliphatic rings. The minimum atomic E-state index is -0.876. The van der Waals surface area contributed by atoms with E-state index in [1.165, 1.54) is 0 Å². The van der Waals surface area contributed by atoms with Gasteiger partial charge in [0.05, 0.1) is 5.56 Å². The maximum Gasteiger partial charge on any atom is 0.338 e. The van der Waals surface area contributed by atoms with E-state index < -0.39 is 12.1 Å². The third-order valence-corrected chi connectivity index (χ3v) is 4.26. The second-order valence-electron chi connectivity index (χ2n) is 6.08. The van der Waals surface area contributed by atoms with Gasteiger partial charge in [0.15, 0.2) is 6.10 Å². The van der Waals surface area contributed by atoms with Crippen LogP contribution in [0.25, 0.3) is 0 Å². The average Bonchev–Trinajstić information content (AvgIpc) is 2.54. The molecule has 24 heavy (non-hydrogen) atoms. The fourth-order valence-corrected chi connectivity index (χ4v) is 2.27. The monoisotopic (exact) mass is 325 g/mol. The molecular formula is C20H23NO3. The van der Waals surface area contributed by atoms with Crippen LogP contribution in [0, 0.1) is 27.7 Å². The number of aryl methyl sites for hydroxylation is 3. The first-order valence-electron chi connectivity index (χ1n) is 7.95. The van der Waals surface area contributed by atoms with E-state index in [9.17, 15) is 9.59 Å². The van der Waals surface area contributed by atoms with Crippen molar-refractivity contribution in [2.75, 3.05) is 5.32 Å². The summed E-state index contributed by atoms with van der Waals surface area (Å²) < 4.78 is 5.28. The molecular weight excluding hydrogens is 302 g/mol. The fraction of sp³-hybridized carbons (Fsp3) is 0.300. The number of amides is 1. The first-order chi connectivity index (χ1) is 11.3. The Morgan fingerprint density at radius 2 is 1.67 bits per heavy atom. The highest BCUT2D eigenvalue weighted by molar-refractivity contribution is 5.97. The molecule has 2 rings (SSSR count). The second-order valence-corrected chi connectivity index (χ2v) is 6.08. The summed E-state index contributed by atoms with van der Waals surface area (Å²) in [5.41, 5.74) is 5.38. The molecule has 0 spiro atoms. The molecule has 1 N–H and O–H groups in total. The zero-order valence-electron chi connectivity index (χ0n) is 14.8. The average molecular weight is 325 g/mol. The Hall–Kier alpha value is -2.62. The molecule has 1 amide bonds. The summed E-state index contributed by atoms with van der Waals surface area (Å²) in [5.74, 6) is -0.845. The summed E-state index contributed by atoms with van der Waals surface area (Å²) in [5, 5.41) is 2.81. The van der Waals surface area contributed by atoms with Crippen LogP contribution >= 0.6 is 0 Å². The predicted molar refractivity (Wildman–Crippen MR) is 95.3 cm³/mol. The van der Waals surface area contributed by atoms with E-state index in [0.29, 0.717) is 5.56 Å². The highest BCUT2D eigenvalue weighted by Crippen LogP contribution is 2.18. The smallest absolute Gasteiger partial charge is 0.338 e. The zero-order chi connectivity index (χ0) is 17.9. The first-order valence-corrected chi connectivity index (χ1v) is 7.95. The summed E-state index contributed by atoms with van der Waals surface area (Å²) in [6, 6.07) is 11.0. The lowest BCUT2D eigenvalue weighted by molar-refractivity contribution is -0.123.